The molecule has 0 amide bonds. The number of unbranched alkanes of at least 4 members (excludes halogenated alkanes) is 1. The molecule has 1 fully saturated rings. The van der Waals surface area contributed by atoms with Gasteiger partial charge in [-0.1, -0.05) is 44.9 Å². The van der Waals surface area contributed by atoms with Crippen LogP contribution in [0.2, 0.25) is 0 Å². The maximum absolute atomic E-state index is 5.46. The lowest BCUT2D eigenvalue weighted by Crippen LogP contribution is -2.28. The van der Waals surface area contributed by atoms with Crippen LogP contribution in [0.4, 0.5) is 0 Å². The molecule has 0 aromatic heterocycles. The van der Waals surface area contributed by atoms with E-state index in [9.17, 15) is 0 Å². The Labute approximate surface area is 110 Å². The summed E-state index contributed by atoms with van der Waals surface area (Å²) in [5, 5.41) is 2.97. The lowest BCUT2D eigenvalue weighted by Gasteiger charge is -2.22. The lowest BCUT2D eigenvalue weighted by molar-refractivity contribution is -0.0911. The van der Waals surface area contributed by atoms with Crippen molar-refractivity contribution in [3.63, 3.8) is 0 Å². The Morgan fingerprint density at radius 3 is 2.50 bits per heavy atom. The molecule has 0 aromatic carbocycles. The summed E-state index contributed by atoms with van der Waals surface area (Å²) in [6.07, 6.45) is 5.25. The van der Waals surface area contributed by atoms with Gasteiger partial charge in [0, 0.05) is 0 Å². The molecule has 18 heavy (non-hydrogen) atoms. The summed E-state index contributed by atoms with van der Waals surface area (Å²) in [5.41, 5.74) is 1.53. The average Bonchev–Trinajstić information content (AvgIpc) is 2.41. The molecular formula is C16H24O2. The molecule has 0 saturated carbocycles. The van der Waals surface area contributed by atoms with Crippen LogP contribution in [0.15, 0.2) is 18.2 Å². The van der Waals surface area contributed by atoms with Gasteiger partial charge in [0.15, 0.2) is 0 Å². The molecule has 1 saturated heterocycles. The van der Waals surface area contributed by atoms with Gasteiger partial charge >= 0.3 is 0 Å². The minimum atomic E-state index is 0.383. The van der Waals surface area contributed by atoms with Crippen LogP contribution < -0.4 is 0 Å². The fourth-order valence-corrected chi connectivity index (χ4v) is 2.30. The Morgan fingerprint density at radius 1 is 1.22 bits per heavy atom. The first-order valence-electron chi connectivity index (χ1n) is 7.17. The number of ether oxygens (including phenoxy) is 2. The number of aryl methyl sites for hydroxylation is 1. The Bertz CT molecular complexity index is 447. The van der Waals surface area contributed by atoms with Gasteiger partial charge in [-0.15, -0.1) is 0 Å². The SMILES string of the molecule is CCCCC1COCCO1.CCc1cc2ccc1=2. The molecule has 0 spiro atoms. The van der Waals surface area contributed by atoms with E-state index in [1.807, 2.05) is 0 Å². The van der Waals surface area contributed by atoms with Crippen molar-refractivity contribution < 1.29 is 9.47 Å². The van der Waals surface area contributed by atoms with Crippen molar-refractivity contribution in [2.75, 3.05) is 19.8 Å². The molecule has 0 aromatic rings. The van der Waals surface area contributed by atoms with E-state index in [1.54, 1.807) is 0 Å². The highest BCUT2D eigenvalue weighted by Gasteiger charge is 2.12. The fourth-order valence-electron chi connectivity index (χ4n) is 2.30. The number of hydrogen-bond acceptors (Lipinski definition) is 2. The van der Waals surface area contributed by atoms with Gasteiger partial charge in [-0.3, -0.25) is 0 Å². The second-order valence-corrected chi connectivity index (χ2v) is 4.94. The van der Waals surface area contributed by atoms with Crippen molar-refractivity contribution in [1.82, 2.24) is 0 Å². The van der Waals surface area contributed by atoms with Crippen molar-refractivity contribution in [1.29, 1.82) is 0 Å². The minimum Gasteiger partial charge on any atom is -0.376 e. The topological polar surface area (TPSA) is 18.5 Å². The number of benzene rings is 1. The second-order valence-electron chi connectivity index (χ2n) is 4.94. The molecule has 3 rings (SSSR count). The van der Waals surface area contributed by atoms with Crippen LogP contribution >= 0.6 is 0 Å². The van der Waals surface area contributed by atoms with Crippen molar-refractivity contribution in [3.05, 3.63) is 34.2 Å². The predicted molar refractivity (Wildman–Crippen MR) is 73.6 cm³/mol. The van der Waals surface area contributed by atoms with Gasteiger partial charge in [-0.2, -0.15) is 0 Å². The Kier molecular flexibility index (Phi) is 5.21. The van der Waals surface area contributed by atoms with E-state index in [0.717, 1.165) is 26.2 Å². The normalized spacial score (nSPS) is 20.0. The van der Waals surface area contributed by atoms with Crippen molar-refractivity contribution in [3.8, 4) is 0 Å². The van der Waals surface area contributed by atoms with Gasteiger partial charge in [-0.05, 0) is 28.8 Å². The maximum atomic E-state index is 5.46. The standard InChI is InChI=1S/C8H16O2.C8H8/c1-2-3-4-8-7-9-5-6-10-8;1-2-6-5-7-3-4-8(6)7/h8H,2-7H2,1H3;3-5H,2H2,1H3. The van der Waals surface area contributed by atoms with Gasteiger partial charge in [0.1, 0.15) is 0 Å². The molecule has 2 nitrogen and oxygen atoms in total. The van der Waals surface area contributed by atoms with Crippen LogP contribution in [0, 0.1) is 10.4 Å². The van der Waals surface area contributed by atoms with E-state index in [0.29, 0.717) is 6.10 Å². The number of hydrogen-bond donors (Lipinski definition) is 0. The largest absolute Gasteiger partial charge is 0.376 e. The molecule has 100 valence electrons. The minimum absolute atomic E-state index is 0.383. The zero-order valence-electron chi connectivity index (χ0n) is 11.6. The summed E-state index contributed by atoms with van der Waals surface area (Å²) in [5.74, 6) is 0. The molecule has 1 aliphatic heterocycles. The highest BCUT2D eigenvalue weighted by molar-refractivity contribution is 5.33. The second kappa shape index (κ2) is 6.91. The van der Waals surface area contributed by atoms with Crippen LogP contribution in [0.5, 0.6) is 0 Å². The zero-order valence-corrected chi connectivity index (χ0v) is 11.6. The van der Waals surface area contributed by atoms with E-state index < -0.39 is 0 Å². The van der Waals surface area contributed by atoms with E-state index >= 15 is 0 Å². The van der Waals surface area contributed by atoms with Crippen LogP contribution in [-0.4, -0.2) is 25.9 Å². The molecule has 0 N–H and O–H groups in total. The monoisotopic (exact) mass is 248 g/mol. The Balaban J connectivity index is 0.000000136. The molecule has 1 heterocycles. The first-order valence-corrected chi connectivity index (χ1v) is 7.17. The molecule has 0 bridgehead atoms. The summed E-state index contributed by atoms with van der Waals surface area (Å²) < 4.78 is 10.7. The summed E-state index contributed by atoms with van der Waals surface area (Å²) in [6, 6.07) is 6.61. The summed E-state index contributed by atoms with van der Waals surface area (Å²) in [6.45, 7) is 6.77. The van der Waals surface area contributed by atoms with Gasteiger partial charge in [0.2, 0.25) is 0 Å². The predicted octanol–water partition coefficient (Wildman–Crippen LogP) is 3.44. The highest BCUT2D eigenvalue weighted by Crippen LogP contribution is 2.15. The van der Waals surface area contributed by atoms with Gasteiger partial charge in [0.25, 0.3) is 0 Å². The molecular weight excluding hydrogens is 224 g/mol. The third kappa shape index (κ3) is 3.33. The average molecular weight is 248 g/mol. The Morgan fingerprint density at radius 2 is 2.11 bits per heavy atom. The molecule has 1 unspecified atom stereocenters. The molecule has 3 aliphatic rings. The maximum Gasteiger partial charge on any atom is 0.0809 e. The molecule has 1 atom stereocenters. The fraction of sp³-hybridized carbons (Fsp3) is 0.625. The smallest absolute Gasteiger partial charge is 0.0809 e. The molecule has 2 aliphatic carbocycles. The highest BCUT2D eigenvalue weighted by atomic mass is 16.6. The van der Waals surface area contributed by atoms with Gasteiger partial charge in [0.05, 0.1) is 25.9 Å². The van der Waals surface area contributed by atoms with E-state index in [-0.39, 0.29) is 0 Å². The summed E-state index contributed by atoms with van der Waals surface area (Å²) in [4.78, 5) is 0. The van der Waals surface area contributed by atoms with Crippen LogP contribution in [0.25, 0.3) is 0 Å². The van der Waals surface area contributed by atoms with Crippen LogP contribution in [0.3, 0.4) is 0 Å². The Hall–Kier alpha value is -0.860. The van der Waals surface area contributed by atoms with E-state index in [1.165, 1.54) is 35.3 Å². The van der Waals surface area contributed by atoms with Gasteiger partial charge in [-0.25, -0.2) is 0 Å². The van der Waals surface area contributed by atoms with Crippen LogP contribution in [-0.2, 0) is 15.9 Å². The van der Waals surface area contributed by atoms with Gasteiger partial charge < -0.3 is 9.47 Å². The zero-order chi connectivity index (χ0) is 12.8. The van der Waals surface area contributed by atoms with E-state index in [4.69, 9.17) is 9.47 Å². The van der Waals surface area contributed by atoms with Crippen LogP contribution in [0.1, 0.15) is 38.7 Å². The first-order chi connectivity index (χ1) is 8.85. The first kappa shape index (κ1) is 13.6. The van der Waals surface area contributed by atoms with Crippen molar-refractivity contribution in [2.45, 2.75) is 45.6 Å². The molecule has 2 heteroatoms. The van der Waals surface area contributed by atoms with E-state index in [2.05, 4.69) is 32.0 Å². The summed E-state index contributed by atoms with van der Waals surface area (Å²) in [7, 11) is 0. The van der Waals surface area contributed by atoms with Crippen molar-refractivity contribution >= 4 is 0 Å². The van der Waals surface area contributed by atoms with Crippen molar-refractivity contribution in [2.24, 2.45) is 0 Å². The summed E-state index contributed by atoms with van der Waals surface area (Å²) >= 11 is 0. The third-order valence-corrected chi connectivity index (χ3v) is 3.56. The number of rotatable bonds is 4. The quantitative estimate of drug-likeness (QED) is 0.825. The molecule has 0 radical (unpaired) electrons. The lowest BCUT2D eigenvalue weighted by atomic mass is 9.98. The third-order valence-electron chi connectivity index (χ3n) is 3.56.